The van der Waals surface area contributed by atoms with Gasteiger partial charge in [-0.15, -0.1) is 0 Å². The van der Waals surface area contributed by atoms with Crippen LogP contribution in [0.4, 0.5) is 9.18 Å². The minimum Gasteiger partial charge on any atom is -0.453 e. The van der Waals surface area contributed by atoms with Crippen molar-refractivity contribution in [2.45, 2.75) is 45.3 Å². The van der Waals surface area contributed by atoms with Crippen molar-refractivity contribution in [1.29, 1.82) is 0 Å². The molecule has 1 aliphatic carbocycles. The number of hydrogen-bond acceptors (Lipinski definition) is 5. The number of amides is 1. The molecule has 0 bridgehead atoms. The van der Waals surface area contributed by atoms with Gasteiger partial charge in [0, 0.05) is 25.3 Å². The van der Waals surface area contributed by atoms with Crippen molar-refractivity contribution in [3.8, 4) is 5.75 Å². The Bertz CT molecular complexity index is 659. The first-order valence-electron chi connectivity index (χ1n) is 8.81. The lowest BCUT2D eigenvalue weighted by molar-refractivity contribution is 0.0269. The molecule has 7 heteroatoms. The van der Waals surface area contributed by atoms with Gasteiger partial charge in [-0.25, -0.2) is 9.18 Å². The summed E-state index contributed by atoms with van der Waals surface area (Å²) in [6, 6.07) is 5.63. The van der Waals surface area contributed by atoms with Crippen LogP contribution in [0.3, 0.4) is 0 Å². The number of likely N-dealkylation sites (tertiary alicyclic amines) is 1. The molecule has 1 saturated carbocycles. The summed E-state index contributed by atoms with van der Waals surface area (Å²) < 4.78 is 29.5. The predicted octanol–water partition coefficient (Wildman–Crippen LogP) is 4.15. The van der Waals surface area contributed by atoms with Gasteiger partial charge in [-0.2, -0.15) is 0 Å². The Morgan fingerprint density at radius 1 is 1.15 bits per heavy atom. The van der Waals surface area contributed by atoms with Crippen LogP contribution in [0.15, 0.2) is 24.3 Å². The fourth-order valence-electron chi connectivity index (χ4n) is 3.58. The van der Waals surface area contributed by atoms with Gasteiger partial charge >= 0.3 is 11.3 Å². The van der Waals surface area contributed by atoms with Crippen LogP contribution in [0.2, 0.25) is 0 Å². The van der Waals surface area contributed by atoms with E-state index in [2.05, 4.69) is 0 Å². The standard InChI is InChI=1S/C19H24FNO4S/c1-19(2,3)25-17(22)21-10-12-8-16(9-13(12)11-21)24-18(26)23-15-6-4-14(20)5-7-15/h4-7,12-13,16H,8-11H2,1-3H3. The number of ether oxygens (including phenoxy) is 3. The van der Waals surface area contributed by atoms with Gasteiger partial charge in [-0.1, -0.05) is 0 Å². The Morgan fingerprint density at radius 2 is 1.73 bits per heavy atom. The number of fused-ring (bicyclic) bond motifs is 1. The maximum Gasteiger partial charge on any atom is 0.410 e. The molecule has 3 rings (SSSR count). The van der Waals surface area contributed by atoms with Gasteiger partial charge in [0.05, 0.1) is 0 Å². The molecule has 2 atom stereocenters. The lowest BCUT2D eigenvalue weighted by Crippen LogP contribution is -2.36. The van der Waals surface area contributed by atoms with Crippen molar-refractivity contribution in [1.82, 2.24) is 4.90 Å². The molecule has 0 spiro atoms. The summed E-state index contributed by atoms with van der Waals surface area (Å²) in [4.78, 5) is 14.0. The highest BCUT2D eigenvalue weighted by atomic mass is 32.1. The molecule has 26 heavy (non-hydrogen) atoms. The number of carbonyl (C=O) groups excluding carboxylic acids is 1. The number of halogens is 1. The van der Waals surface area contributed by atoms with E-state index in [0.717, 1.165) is 12.8 Å². The molecule has 1 saturated heterocycles. The lowest BCUT2D eigenvalue weighted by atomic mass is 10.0. The molecule has 5 nitrogen and oxygen atoms in total. The second-order valence-electron chi connectivity index (χ2n) is 7.92. The molecule has 1 aliphatic heterocycles. The summed E-state index contributed by atoms with van der Waals surface area (Å²) in [5.74, 6) is 0.898. The van der Waals surface area contributed by atoms with Crippen LogP contribution in [-0.4, -0.2) is 41.0 Å². The Hall–Kier alpha value is -1.89. The minimum absolute atomic E-state index is 0.0151. The van der Waals surface area contributed by atoms with Crippen molar-refractivity contribution in [2.75, 3.05) is 13.1 Å². The molecule has 0 N–H and O–H groups in total. The molecule has 2 fully saturated rings. The van der Waals surface area contributed by atoms with Gasteiger partial charge in [0.25, 0.3) is 0 Å². The molecule has 142 valence electrons. The van der Waals surface area contributed by atoms with Crippen molar-refractivity contribution < 1.29 is 23.4 Å². The summed E-state index contributed by atoms with van der Waals surface area (Å²) in [5, 5.41) is 0.0468. The van der Waals surface area contributed by atoms with Crippen LogP contribution in [0.1, 0.15) is 33.6 Å². The maximum atomic E-state index is 12.9. The normalized spacial score (nSPS) is 24.9. The van der Waals surface area contributed by atoms with Crippen LogP contribution >= 0.6 is 12.2 Å². The largest absolute Gasteiger partial charge is 0.453 e. The van der Waals surface area contributed by atoms with Crippen molar-refractivity contribution in [3.05, 3.63) is 30.1 Å². The van der Waals surface area contributed by atoms with Crippen LogP contribution in [0.5, 0.6) is 5.75 Å². The molecule has 1 amide bonds. The zero-order valence-corrected chi connectivity index (χ0v) is 16.1. The van der Waals surface area contributed by atoms with Crippen LogP contribution in [0, 0.1) is 17.7 Å². The number of nitrogens with zero attached hydrogens (tertiary/aromatic N) is 1. The number of carbonyl (C=O) groups is 1. The molecule has 1 heterocycles. The van der Waals surface area contributed by atoms with E-state index >= 15 is 0 Å². The van der Waals surface area contributed by atoms with Gasteiger partial charge in [-0.3, -0.25) is 0 Å². The molecule has 1 aromatic rings. The van der Waals surface area contributed by atoms with Gasteiger partial charge in [-0.05, 0) is 69.7 Å². The SMILES string of the molecule is CC(C)(C)OC(=O)N1CC2CC(OC(=S)Oc3ccc(F)cc3)CC2C1. The highest BCUT2D eigenvalue weighted by Crippen LogP contribution is 2.40. The summed E-state index contributed by atoms with van der Waals surface area (Å²) >= 11 is 5.14. The Labute approximate surface area is 158 Å². The van der Waals surface area contributed by atoms with Crippen molar-refractivity contribution in [3.63, 3.8) is 0 Å². The van der Waals surface area contributed by atoms with E-state index in [9.17, 15) is 9.18 Å². The van der Waals surface area contributed by atoms with Crippen LogP contribution in [0.25, 0.3) is 0 Å². The molecule has 2 unspecified atom stereocenters. The van der Waals surface area contributed by atoms with E-state index in [1.54, 1.807) is 4.90 Å². The van der Waals surface area contributed by atoms with Crippen LogP contribution in [-0.2, 0) is 9.47 Å². The smallest absolute Gasteiger partial charge is 0.410 e. The van der Waals surface area contributed by atoms with E-state index in [1.807, 2.05) is 20.8 Å². The zero-order valence-electron chi connectivity index (χ0n) is 15.2. The Balaban J connectivity index is 1.45. The van der Waals surface area contributed by atoms with Crippen LogP contribution < -0.4 is 4.74 Å². The predicted molar refractivity (Wildman–Crippen MR) is 98.5 cm³/mol. The Kier molecular flexibility index (Phi) is 5.37. The summed E-state index contributed by atoms with van der Waals surface area (Å²) in [7, 11) is 0. The minimum atomic E-state index is -0.482. The third-order valence-electron chi connectivity index (χ3n) is 4.64. The fourth-order valence-corrected chi connectivity index (χ4v) is 3.81. The third kappa shape index (κ3) is 4.84. The molecular weight excluding hydrogens is 357 g/mol. The molecule has 0 aromatic heterocycles. The third-order valence-corrected chi connectivity index (χ3v) is 4.82. The molecule has 0 radical (unpaired) electrons. The number of thiocarbonyl (C=S) groups is 1. The molecule has 1 aromatic carbocycles. The second-order valence-corrected chi connectivity index (χ2v) is 8.26. The number of hydrogen-bond donors (Lipinski definition) is 0. The average Bonchev–Trinajstić information content (AvgIpc) is 3.06. The van der Waals surface area contributed by atoms with Gasteiger partial charge in [0.15, 0.2) is 0 Å². The number of rotatable bonds is 2. The van der Waals surface area contributed by atoms with Crippen molar-refractivity contribution >= 4 is 23.5 Å². The summed E-state index contributed by atoms with van der Waals surface area (Å²) in [6.07, 6.45) is 1.39. The number of benzene rings is 1. The first kappa shape index (κ1) is 18.9. The monoisotopic (exact) mass is 381 g/mol. The van der Waals surface area contributed by atoms with Gasteiger partial charge in [0.1, 0.15) is 23.3 Å². The maximum absolute atomic E-state index is 12.9. The topological polar surface area (TPSA) is 48.0 Å². The van der Waals surface area contributed by atoms with E-state index in [-0.39, 0.29) is 23.3 Å². The van der Waals surface area contributed by atoms with E-state index in [0.29, 0.717) is 30.7 Å². The highest BCUT2D eigenvalue weighted by Gasteiger charge is 2.44. The van der Waals surface area contributed by atoms with Gasteiger partial charge in [0.2, 0.25) is 0 Å². The fraction of sp³-hybridized carbons (Fsp3) is 0.579. The highest BCUT2D eigenvalue weighted by molar-refractivity contribution is 7.79. The quantitative estimate of drug-likeness (QED) is 0.720. The molecule has 2 aliphatic rings. The first-order chi connectivity index (χ1) is 12.2. The Morgan fingerprint density at radius 3 is 2.27 bits per heavy atom. The summed E-state index contributed by atoms with van der Waals surface area (Å²) in [5.41, 5.74) is -0.482. The average molecular weight is 381 g/mol. The van der Waals surface area contributed by atoms with Crippen molar-refractivity contribution in [2.24, 2.45) is 11.8 Å². The lowest BCUT2D eigenvalue weighted by Gasteiger charge is -2.25. The first-order valence-corrected chi connectivity index (χ1v) is 9.22. The zero-order chi connectivity index (χ0) is 18.9. The van der Waals surface area contributed by atoms with E-state index in [1.165, 1.54) is 24.3 Å². The van der Waals surface area contributed by atoms with Gasteiger partial charge < -0.3 is 19.1 Å². The molecular formula is C19H24FNO4S. The second kappa shape index (κ2) is 7.39. The summed E-state index contributed by atoms with van der Waals surface area (Å²) in [6.45, 7) is 6.98. The van der Waals surface area contributed by atoms with E-state index < -0.39 is 5.60 Å². The van der Waals surface area contributed by atoms with E-state index in [4.69, 9.17) is 26.4 Å².